The molecule has 1 atom stereocenters. The molecule has 1 unspecified atom stereocenters. The monoisotopic (exact) mass is 228 g/mol. The number of amidine groups is 1. The summed E-state index contributed by atoms with van der Waals surface area (Å²) in [6.07, 6.45) is 4.57. The van der Waals surface area contributed by atoms with E-state index < -0.39 is 0 Å². The maximum Gasteiger partial charge on any atom is 0.156 e. The van der Waals surface area contributed by atoms with E-state index in [1.165, 1.54) is 19.3 Å². The summed E-state index contributed by atoms with van der Waals surface area (Å²) < 4.78 is 0. The van der Waals surface area contributed by atoms with Gasteiger partial charge in [0.1, 0.15) is 0 Å². The fourth-order valence-corrected chi connectivity index (χ4v) is 2.21. The number of likely N-dealkylation sites (N-methyl/N-ethyl adjacent to an activating group) is 1. The van der Waals surface area contributed by atoms with Crippen LogP contribution in [0.1, 0.15) is 32.6 Å². The standard InChI is InChI=1S/C11H24N4O/c1-4-9(10(12)14-16)13-8-11(15(2)3)6-5-7-11/h9,13,16H,4-8H2,1-3H3,(H2,12,14). The zero-order valence-corrected chi connectivity index (χ0v) is 10.5. The highest BCUT2D eigenvalue weighted by molar-refractivity contribution is 5.85. The molecule has 0 spiro atoms. The fourth-order valence-electron chi connectivity index (χ4n) is 2.21. The average Bonchev–Trinajstić information content (AvgIpc) is 2.20. The van der Waals surface area contributed by atoms with E-state index >= 15 is 0 Å². The third-order valence-corrected chi connectivity index (χ3v) is 3.79. The highest BCUT2D eigenvalue weighted by Crippen LogP contribution is 2.35. The van der Waals surface area contributed by atoms with Crippen molar-refractivity contribution in [2.24, 2.45) is 10.9 Å². The van der Waals surface area contributed by atoms with Crippen LogP contribution in [0.15, 0.2) is 5.16 Å². The Morgan fingerprint density at radius 3 is 2.50 bits per heavy atom. The smallest absolute Gasteiger partial charge is 0.156 e. The summed E-state index contributed by atoms with van der Waals surface area (Å²) in [6, 6.07) is -0.0255. The van der Waals surface area contributed by atoms with Crippen LogP contribution in [0.5, 0.6) is 0 Å². The van der Waals surface area contributed by atoms with Gasteiger partial charge >= 0.3 is 0 Å². The first-order valence-corrected chi connectivity index (χ1v) is 5.94. The predicted octanol–water partition coefficient (Wildman–Crippen LogP) is 0.585. The Hall–Kier alpha value is -0.810. The van der Waals surface area contributed by atoms with E-state index in [-0.39, 0.29) is 17.4 Å². The van der Waals surface area contributed by atoms with E-state index in [1.54, 1.807) is 0 Å². The van der Waals surface area contributed by atoms with Crippen molar-refractivity contribution in [1.29, 1.82) is 0 Å². The van der Waals surface area contributed by atoms with Crippen LogP contribution in [-0.2, 0) is 0 Å². The number of rotatable bonds is 6. The zero-order valence-electron chi connectivity index (χ0n) is 10.5. The second-order valence-corrected chi connectivity index (χ2v) is 4.84. The lowest BCUT2D eigenvalue weighted by Crippen LogP contribution is -2.59. The normalized spacial score (nSPS) is 21.9. The molecule has 0 aromatic heterocycles. The zero-order chi connectivity index (χ0) is 12.2. The molecule has 1 fully saturated rings. The molecule has 1 saturated carbocycles. The molecule has 0 aliphatic heterocycles. The summed E-state index contributed by atoms with van der Waals surface area (Å²) in [6.45, 7) is 2.92. The SMILES string of the molecule is CCC(NCC1(N(C)C)CCC1)C(N)=NO. The van der Waals surface area contributed by atoms with Gasteiger partial charge in [-0.3, -0.25) is 0 Å². The van der Waals surface area contributed by atoms with Crippen LogP contribution in [0.25, 0.3) is 0 Å². The fraction of sp³-hybridized carbons (Fsp3) is 0.909. The van der Waals surface area contributed by atoms with Crippen molar-refractivity contribution < 1.29 is 5.21 Å². The molecular weight excluding hydrogens is 204 g/mol. The molecule has 0 saturated heterocycles. The maximum absolute atomic E-state index is 8.66. The second-order valence-electron chi connectivity index (χ2n) is 4.84. The van der Waals surface area contributed by atoms with Gasteiger partial charge in [0.15, 0.2) is 5.84 Å². The van der Waals surface area contributed by atoms with Crippen LogP contribution in [0, 0.1) is 0 Å². The van der Waals surface area contributed by atoms with Gasteiger partial charge in [-0.15, -0.1) is 0 Å². The van der Waals surface area contributed by atoms with E-state index in [0.717, 1.165) is 13.0 Å². The van der Waals surface area contributed by atoms with Crippen LogP contribution in [0.4, 0.5) is 0 Å². The molecule has 5 heteroatoms. The second kappa shape index (κ2) is 5.50. The number of oxime groups is 1. The van der Waals surface area contributed by atoms with Crippen molar-refractivity contribution in [3.05, 3.63) is 0 Å². The van der Waals surface area contributed by atoms with E-state index in [1.807, 2.05) is 6.92 Å². The molecule has 16 heavy (non-hydrogen) atoms. The largest absolute Gasteiger partial charge is 0.409 e. The van der Waals surface area contributed by atoms with Crippen molar-refractivity contribution in [3.63, 3.8) is 0 Å². The Bertz CT molecular complexity index is 248. The third kappa shape index (κ3) is 2.65. The summed E-state index contributed by atoms with van der Waals surface area (Å²) in [4.78, 5) is 2.28. The molecule has 0 bridgehead atoms. The van der Waals surface area contributed by atoms with Crippen LogP contribution in [0.3, 0.4) is 0 Å². The third-order valence-electron chi connectivity index (χ3n) is 3.79. The van der Waals surface area contributed by atoms with Crippen molar-refractivity contribution in [1.82, 2.24) is 10.2 Å². The van der Waals surface area contributed by atoms with Crippen molar-refractivity contribution in [2.75, 3.05) is 20.6 Å². The van der Waals surface area contributed by atoms with Gasteiger partial charge < -0.3 is 21.2 Å². The molecule has 0 aromatic carbocycles. The molecule has 1 aliphatic rings. The van der Waals surface area contributed by atoms with Crippen LogP contribution >= 0.6 is 0 Å². The van der Waals surface area contributed by atoms with Crippen molar-refractivity contribution >= 4 is 5.84 Å². The first kappa shape index (κ1) is 13.3. The van der Waals surface area contributed by atoms with Crippen LogP contribution in [-0.4, -0.2) is 48.2 Å². The number of nitrogens with one attached hydrogen (secondary N) is 1. The number of hydrogen-bond donors (Lipinski definition) is 3. The van der Waals surface area contributed by atoms with E-state index in [0.29, 0.717) is 0 Å². The van der Waals surface area contributed by atoms with Crippen LogP contribution < -0.4 is 11.1 Å². The molecule has 4 N–H and O–H groups in total. The average molecular weight is 228 g/mol. The van der Waals surface area contributed by atoms with E-state index in [4.69, 9.17) is 10.9 Å². The molecule has 0 heterocycles. The van der Waals surface area contributed by atoms with Gasteiger partial charge in [-0.05, 0) is 39.8 Å². The lowest BCUT2D eigenvalue weighted by atomic mass is 9.75. The van der Waals surface area contributed by atoms with Gasteiger partial charge in [0.25, 0.3) is 0 Å². The topological polar surface area (TPSA) is 73.9 Å². The van der Waals surface area contributed by atoms with Crippen molar-refractivity contribution in [3.8, 4) is 0 Å². The summed E-state index contributed by atoms with van der Waals surface area (Å²) in [7, 11) is 4.23. The van der Waals surface area contributed by atoms with Gasteiger partial charge in [0, 0.05) is 12.1 Å². The first-order chi connectivity index (χ1) is 7.55. The Morgan fingerprint density at radius 1 is 1.56 bits per heavy atom. The van der Waals surface area contributed by atoms with Gasteiger partial charge in [-0.25, -0.2) is 0 Å². The minimum absolute atomic E-state index is 0.0255. The number of nitrogens with zero attached hydrogens (tertiary/aromatic N) is 2. The molecule has 94 valence electrons. The Morgan fingerprint density at radius 2 is 2.19 bits per heavy atom. The van der Waals surface area contributed by atoms with Crippen LogP contribution in [0.2, 0.25) is 0 Å². The first-order valence-electron chi connectivity index (χ1n) is 5.94. The lowest BCUT2D eigenvalue weighted by Gasteiger charge is -2.48. The van der Waals surface area contributed by atoms with E-state index in [2.05, 4.69) is 29.5 Å². The molecule has 1 rings (SSSR count). The van der Waals surface area contributed by atoms with Gasteiger partial charge in [-0.2, -0.15) is 0 Å². The maximum atomic E-state index is 8.66. The quantitative estimate of drug-likeness (QED) is 0.269. The summed E-state index contributed by atoms with van der Waals surface area (Å²) in [5.74, 6) is 0.274. The Labute approximate surface area is 97.7 Å². The summed E-state index contributed by atoms with van der Waals surface area (Å²) >= 11 is 0. The molecule has 0 radical (unpaired) electrons. The van der Waals surface area contributed by atoms with Gasteiger partial charge in [-0.1, -0.05) is 12.1 Å². The van der Waals surface area contributed by atoms with Gasteiger partial charge in [0.05, 0.1) is 6.04 Å². The Kier molecular flexibility index (Phi) is 4.56. The number of hydrogen-bond acceptors (Lipinski definition) is 4. The predicted molar refractivity (Wildman–Crippen MR) is 65.8 cm³/mol. The highest BCUT2D eigenvalue weighted by atomic mass is 16.4. The summed E-state index contributed by atoms with van der Waals surface area (Å²) in [5.41, 5.74) is 5.88. The molecule has 5 nitrogen and oxygen atoms in total. The lowest BCUT2D eigenvalue weighted by molar-refractivity contribution is 0.0588. The van der Waals surface area contributed by atoms with E-state index in [9.17, 15) is 0 Å². The minimum atomic E-state index is -0.0255. The molecule has 0 aromatic rings. The summed E-state index contributed by atoms with van der Waals surface area (Å²) in [5, 5.41) is 15.1. The molecule has 1 aliphatic carbocycles. The van der Waals surface area contributed by atoms with Gasteiger partial charge in [0.2, 0.25) is 0 Å². The molecule has 0 amide bonds. The number of nitrogens with two attached hydrogens (primary N) is 1. The van der Waals surface area contributed by atoms with Crippen molar-refractivity contribution in [2.45, 2.75) is 44.2 Å². The molecular formula is C11H24N4O. The minimum Gasteiger partial charge on any atom is -0.409 e. The highest BCUT2D eigenvalue weighted by Gasteiger charge is 2.39. The Balaban J connectivity index is 2.48.